The van der Waals surface area contributed by atoms with Crippen LogP contribution in [0.4, 0.5) is 11.6 Å². The smallest absolute Gasteiger partial charge is 0.146 e. The largest absolute Gasteiger partial charge is 0.494 e. The number of ether oxygens (including phenoxy) is 1. The van der Waals surface area contributed by atoms with Gasteiger partial charge in [-0.25, -0.2) is 9.97 Å². The number of allylic oxidation sites excluding steroid dienone is 1. The van der Waals surface area contributed by atoms with Gasteiger partial charge < -0.3 is 20.7 Å². The summed E-state index contributed by atoms with van der Waals surface area (Å²) in [7, 11) is 0. The number of nitrogen functional groups attached to an aromatic ring is 1. The highest BCUT2D eigenvalue weighted by atomic mass is 16.5. The third-order valence-corrected chi connectivity index (χ3v) is 6.31. The molecule has 0 unspecified atom stereocenters. The molecule has 0 saturated carbocycles. The summed E-state index contributed by atoms with van der Waals surface area (Å²) in [5.41, 5.74) is 9.03. The molecular weight excluding hydrogens is 422 g/mol. The van der Waals surface area contributed by atoms with Crippen molar-refractivity contribution in [3.63, 3.8) is 0 Å². The molecule has 1 aliphatic heterocycles. The van der Waals surface area contributed by atoms with Crippen LogP contribution >= 0.6 is 0 Å². The van der Waals surface area contributed by atoms with Crippen LogP contribution in [-0.4, -0.2) is 36.2 Å². The monoisotopic (exact) mass is 457 g/mol. The van der Waals surface area contributed by atoms with Crippen LogP contribution < -0.4 is 20.7 Å². The number of nitrogens with two attached hydrogens (primary N) is 1. The van der Waals surface area contributed by atoms with Gasteiger partial charge in [-0.2, -0.15) is 0 Å². The van der Waals surface area contributed by atoms with E-state index in [1.165, 1.54) is 0 Å². The average molecular weight is 458 g/mol. The van der Waals surface area contributed by atoms with Gasteiger partial charge in [0.05, 0.1) is 12.2 Å². The Hall–Kier alpha value is -3.38. The zero-order valence-electron chi connectivity index (χ0n) is 20.3. The maximum atomic E-state index is 6.42. The highest BCUT2D eigenvalue weighted by Gasteiger charge is 2.22. The van der Waals surface area contributed by atoms with Crippen LogP contribution in [0, 0.1) is 5.92 Å². The molecule has 34 heavy (non-hydrogen) atoms. The van der Waals surface area contributed by atoms with Crippen LogP contribution in [0.5, 0.6) is 5.75 Å². The van der Waals surface area contributed by atoms with Crippen molar-refractivity contribution >= 4 is 28.0 Å². The SMILES string of the molecule is C=C(c1ccc2cc(OCCC)ccc2c1)c1c(N)ncnc1N(C=CC)CC1CCNCC1. The van der Waals surface area contributed by atoms with Crippen LogP contribution in [0.25, 0.3) is 16.3 Å². The van der Waals surface area contributed by atoms with E-state index in [4.69, 9.17) is 10.5 Å². The molecule has 1 aliphatic rings. The maximum absolute atomic E-state index is 6.42. The number of nitrogens with zero attached hydrogens (tertiary/aromatic N) is 3. The van der Waals surface area contributed by atoms with Crippen molar-refractivity contribution in [3.05, 3.63) is 72.7 Å². The van der Waals surface area contributed by atoms with E-state index in [-0.39, 0.29) is 0 Å². The van der Waals surface area contributed by atoms with Crippen molar-refractivity contribution in [2.75, 3.05) is 36.9 Å². The molecule has 0 radical (unpaired) electrons. The molecule has 6 nitrogen and oxygen atoms in total. The molecule has 3 N–H and O–H groups in total. The molecule has 178 valence electrons. The quantitative estimate of drug-likeness (QED) is 0.448. The van der Waals surface area contributed by atoms with Crippen molar-refractivity contribution in [2.45, 2.75) is 33.1 Å². The number of nitrogens with one attached hydrogen (secondary N) is 1. The number of fused-ring (bicyclic) bond motifs is 1. The predicted molar refractivity (Wildman–Crippen MR) is 142 cm³/mol. The first kappa shape index (κ1) is 23.8. The van der Waals surface area contributed by atoms with Gasteiger partial charge >= 0.3 is 0 Å². The molecule has 2 aromatic carbocycles. The van der Waals surface area contributed by atoms with E-state index in [2.05, 4.69) is 70.2 Å². The molecular formula is C28H35N5O. The minimum Gasteiger partial charge on any atom is -0.494 e. The second-order valence-corrected chi connectivity index (χ2v) is 8.84. The molecule has 0 bridgehead atoms. The van der Waals surface area contributed by atoms with Gasteiger partial charge in [-0.15, -0.1) is 0 Å². The lowest BCUT2D eigenvalue weighted by Gasteiger charge is -2.30. The van der Waals surface area contributed by atoms with Gasteiger partial charge in [0.25, 0.3) is 0 Å². The summed E-state index contributed by atoms with van der Waals surface area (Å²) in [4.78, 5) is 11.2. The lowest BCUT2D eigenvalue weighted by Crippen LogP contribution is -2.34. The summed E-state index contributed by atoms with van der Waals surface area (Å²) in [6.07, 6.45) is 8.96. The number of hydrogen-bond donors (Lipinski definition) is 2. The average Bonchev–Trinajstić information content (AvgIpc) is 2.87. The predicted octanol–water partition coefficient (Wildman–Crippen LogP) is 5.40. The van der Waals surface area contributed by atoms with Crippen LogP contribution in [0.1, 0.15) is 44.2 Å². The molecule has 2 heterocycles. The third kappa shape index (κ3) is 5.39. The Morgan fingerprint density at radius 1 is 1.18 bits per heavy atom. The first-order chi connectivity index (χ1) is 16.6. The second-order valence-electron chi connectivity index (χ2n) is 8.84. The molecule has 0 atom stereocenters. The van der Waals surface area contributed by atoms with E-state index in [1.54, 1.807) is 6.33 Å². The van der Waals surface area contributed by atoms with E-state index in [0.717, 1.165) is 84.5 Å². The second kappa shape index (κ2) is 11.2. The van der Waals surface area contributed by atoms with Gasteiger partial charge in [-0.3, -0.25) is 0 Å². The molecule has 0 aliphatic carbocycles. The third-order valence-electron chi connectivity index (χ3n) is 6.31. The Bertz CT molecular complexity index is 1170. The molecule has 4 rings (SSSR count). The van der Waals surface area contributed by atoms with Gasteiger partial charge in [0.2, 0.25) is 0 Å². The number of rotatable bonds is 9. The molecule has 1 saturated heterocycles. The van der Waals surface area contributed by atoms with E-state index in [9.17, 15) is 0 Å². The summed E-state index contributed by atoms with van der Waals surface area (Å²) in [5, 5.41) is 5.70. The van der Waals surface area contributed by atoms with Gasteiger partial charge in [-0.05, 0) is 85.3 Å². The first-order valence-corrected chi connectivity index (χ1v) is 12.2. The lowest BCUT2D eigenvalue weighted by molar-refractivity contribution is 0.318. The number of hydrogen-bond acceptors (Lipinski definition) is 6. The Labute approximate surface area is 202 Å². The van der Waals surface area contributed by atoms with Crippen LogP contribution in [-0.2, 0) is 0 Å². The van der Waals surface area contributed by atoms with Gasteiger partial charge in [0, 0.05) is 12.7 Å². The van der Waals surface area contributed by atoms with Gasteiger partial charge in [0.1, 0.15) is 23.7 Å². The highest BCUT2D eigenvalue weighted by Crippen LogP contribution is 2.35. The minimum absolute atomic E-state index is 0.443. The Balaban J connectivity index is 1.66. The summed E-state index contributed by atoms with van der Waals surface area (Å²) >= 11 is 0. The van der Waals surface area contributed by atoms with Crippen LogP contribution in [0.3, 0.4) is 0 Å². The fourth-order valence-electron chi connectivity index (χ4n) is 4.50. The number of piperidine rings is 1. The summed E-state index contributed by atoms with van der Waals surface area (Å²) in [5.74, 6) is 2.74. The first-order valence-electron chi connectivity index (χ1n) is 12.2. The van der Waals surface area contributed by atoms with E-state index < -0.39 is 0 Å². The van der Waals surface area contributed by atoms with Crippen LogP contribution in [0.2, 0.25) is 0 Å². The zero-order valence-corrected chi connectivity index (χ0v) is 20.3. The van der Waals surface area contributed by atoms with Crippen molar-refractivity contribution in [1.29, 1.82) is 0 Å². The molecule has 0 spiro atoms. The van der Waals surface area contributed by atoms with E-state index in [1.807, 2.05) is 19.1 Å². The molecule has 0 amide bonds. The van der Waals surface area contributed by atoms with Crippen molar-refractivity contribution < 1.29 is 4.74 Å². The minimum atomic E-state index is 0.443. The van der Waals surface area contributed by atoms with Crippen LogP contribution in [0.15, 0.2) is 61.6 Å². The molecule has 3 aromatic rings. The lowest BCUT2D eigenvalue weighted by atomic mass is 9.95. The topological polar surface area (TPSA) is 76.3 Å². The standard InChI is InChI=1S/C28H35N5O/c1-4-14-33(18-21-10-12-30-13-11-21)28-26(27(29)31-19-32-28)20(3)22-6-7-24-17-25(34-15-5-2)9-8-23(24)16-22/h4,6-9,14,16-17,19,21,30H,3,5,10-13,15,18H2,1-2H3,(H2,29,31,32). The summed E-state index contributed by atoms with van der Waals surface area (Å²) < 4.78 is 5.79. The van der Waals surface area contributed by atoms with Crippen molar-refractivity contribution in [1.82, 2.24) is 15.3 Å². The molecule has 1 aromatic heterocycles. The fraction of sp³-hybridized carbons (Fsp3) is 0.357. The zero-order chi connectivity index (χ0) is 23.9. The molecule has 1 fully saturated rings. The number of benzene rings is 2. The maximum Gasteiger partial charge on any atom is 0.146 e. The normalized spacial score (nSPS) is 14.5. The number of aromatic nitrogens is 2. The highest BCUT2D eigenvalue weighted by molar-refractivity contribution is 5.93. The Morgan fingerprint density at radius 3 is 2.71 bits per heavy atom. The number of anilines is 2. The van der Waals surface area contributed by atoms with E-state index in [0.29, 0.717) is 11.7 Å². The molecule has 6 heteroatoms. The van der Waals surface area contributed by atoms with Gasteiger partial charge in [0.15, 0.2) is 0 Å². The summed E-state index contributed by atoms with van der Waals surface area (Å²) in [6, 6.07) is 12.5. The summed E-state index contributed by atoms with van der Waals surface area (Å²) in [6.45, 7) is 12.3. The van der Waals surface area contributed by atoms with E-state index >= 15 is 0 Å². The fourth-order valence-corrected chi connectivity index (χ4v) is 4.50. The Kier molecular flexibility index (Phi) is 7.80. The Morgan fingerprint density at radius 2 is 1.94 bits per heavy atom. The van der Waals surface area contributed by atoms with Crippen molar-refractivity contribution in [3.8, 4) is 5.75 Å². The van der Waals surface area contributed by atoms with Crippen molar-refractivity contribution in [2.24, 2.45) is 5.92 Å². The van der Waals surface area contributed by atoms with Gasteiger partial charge in [-0.1, -0.05) is 37.8 Å².